The smallest absolute Gasteiger partial charge is 0.0594 e. The minimum atomic E-state index is -0.0840. The molecule has 0 unspecified atom stereocenters. The molecule has 5 aliphatic carbocycles. The summed E-state index contributed by atoms with van der Waals surface area (Å²) in [5, 5.41) is 10.8. The molecule has 0 aromatic carbocycles. The summed E-state index contributed by atoms with van der Waals surface area (Å²) in [4.78, 5) is 0. The molecule has 1 nitrogen and oxygen atoms in total. The van der Waals surface area contributed by atoms with E-state index in [0.717, 1.165) is 30.1 Å². The Bertz CT molecular complexity index is 760. The van der Waals surface area contributed by atoms with Crippen LogP contribution in [0, 0.1) is 50.7 Å². The number of allylic oxidation sites excluding steroid dienone is 2. The van der Waals surface area contributed by atoms with Crippen LogP contribution in [-0.4, -0.2) is 11.2 Å². The molecule has 5 saturated carbocycles. The highest BCUT2D eigenvalue weighted by Gasteiger charge is 2.82. The second kappa shape index (κ2) is 6.86. The van der Waals surface area contributed by atoms with Gasteiger partial charge in [0.25, 0.3) is 0 Å². The lowest BCUT2D eigenvalue weighted by atomic mass is 9.41. The van der Waals surface area contributed by atoms with E-state index in [2.05, 4.69) is 54.5 Å². The highest BCUT2D eigenvalue weighted by molar-refractivity contribution is 5.30. The molecule has 0 aliphatic heterocycles. The van der Waals surface area contributed by atoms with Crippen molar-refractivity contribution in [2.24, 2.45) is 50.7 Å². The first-order valence-electron chi connectivity index (χ1n) is 13.8. The van der Waals surface area contributed by atoms with E-state index in [4.69, 9.17) is 0 Å². The summed E-state index contributed by atoms with van der Waals surface area (Å²) >= 11 is 0. The molecule has 0 aromatic heterocycles. The molecule has 0 radical (unpaired) electrons. The van der Waals surface area contributed by atoms with Gasteiger partial charge in [-0.05, 0) is 135 Å². The van der Waals surface area contributed by atoms with Crippen molar-refractivity contribution in [1.82, 2.24) is 0 Å². The molecule has 2 spiro atoms. The molecule has 0 heterocycles. The Morgan fingerprint density at radius 1 is 0.871 bits per heavy atom. The van der Waals surface area contributed by atoms with Crippen LogP contribution >= 0.6 is 0 Å². The number of hydrogen-bond acceptors (Lipinski definition) is 1. The first-order chi connectivity index (χ1) is 14.4. The molecule has 176 valence electrons. The zero-order chi connectivity index (χ0) is 22.4. The molecular weight excluding hydrogens is 376 g/mol. The monoisotopic (exact) mass is 426 g/mol. The van der Waals surface area contributed by atoms with Crippen molar-refractivity contribution in [1.29, 1.82) is 0 Å². The minimum Gasteiger partial charge on any atom is -0.393 e. The van der Waals surface area contributed by atoms with Crippen molar-refractivity contribution in [2.45, 2.75) is 125 Å². The molecule has 0 amide bonds. The quantitative estimate of drug-likeness (QED) is 0.449. The van der Waals surface area contributed by atoms with E-state index in [1.54, 1.807) is 0 Å². The Hall–Kier alpha value is -0.300. The van der Waals surface area contributed by atoms with Gasteiger partial charge in [-0.3, -0.25) is 0 Å². The molecule has 5 rings (SSSR count). The van der Waals surface area contributed by atoms with Crippen molar-refractivity contribution in [3.63, 3.8) is 0 Å². The first kappa shape index (κ1) is 22.5. The number of fused-ring (bicyclic) bond motifs is 2. The second-order valence-electron chi connectivity index (χ2n) is 14.4. The average molecular weight is 427 g/mol. The summed E-state index contributed by atoms with van der Waals surface area (Å²) in [6.45, 7) is 17.3. The number of aliphatic hydroxyl groups is 1. The van der Waals surface area contributed by atoms with Gasteiger partial charge in [0.2, 0.25) is 0 Å². The predicted octanol–water partition coefficient (Wildman–Crippen LogP) is 8.17. The van der Waals surface area contributed by atoms with Crippen LogP contribution in [0.1, 0.15) is 119 Å². The Kier molecular flexibility index (Phi) is 4.98. The van der Waals surface area contributed by atoms with Gasteiger partial charge in [0.05, 0.1) is 6.10 Å². The van der Waals surface area contributed by atoms with Crippen LogP contribution < -0.4 is 0 Å². The summed E-state index contributed by atoms with van der Waals surface area (Å²) < 4.78 is 0. The fourth-order valence-corrected chi connectivity index (χ4v) is 11.1. The fraction of sp³-hybridized carbons (Fsp3) is 0.933. The zero-order valence-corrected chi connectivity index (χ0v) is 21.7. The molecule has 0 bridgehead atoms. The van der Waals surface area contributed by atoms with Gasteiger partial charge in [-0.15, -0.1) is 0 Å². The van der Waals surface area contributed by atoms with Crippen molar-refractivity contribution in [3.8, 4) is 0 Å². The van der Waals surface area contributed by atoms with Crippen molar-refractivity contribution in [3.05, 3.63) is 11.6 Å². The molecule has 0 saturated heterocycles. The molecule has 9 atom stereocenters. The van der Waals surface area contributed by atoms with E-state index < -0.39 is 0 Å². The topological polar surface area (TPSA) is 20.2 Å². The van der Waals surface area contributed by atoms with Gasteiger partial charge in [0, 0.05) is 0 Å². The van der Waals surface area contributed by atoms with Gasteiger partial charge in [-0.2, -0.15) is 0 Å². The van der Waals surface area contributed by atoms with E-state index in [1.807, 2.05) is 0 Å². The van der Waals surface area contributed by atoms with Gasteiger partial charge < -0.3 is 5.11 Å². The Labute approximate surface area is 192 Å². The van der Waals surface area contributed by atoms with Gasteiger partial charge in [-0.25, -0.2) is 0 Å². The van der Waals surface area contributed by atoms with E-state index in [1.165, 1.54) is 69.8 Å². The first-order valence-corrected chi connectivity index (χ1v) is 13.8. The maximum absolute atomic E-state index is 10.8. The van der Waals surface area contributed by atoms with E-state index in [0.29, 0.717) is 21.7 Å². The summed E-state index contributed by atoms with van der Waals surface area (Å²) in [5.74, 6) is 3.46. The van der Waals surface area contributed by atoms with Crippen LogP contribution in [0.15, 0.2) is 11.6 Å². The van der Waals surface area contributed by atoms with Gasteiger partial charge in [-0.1, -0.05) is 46.3 Å². The van der Waals surface area contributed by atoms with Crippen LogP contribution in [0.4, 0.5) is 0 Å². The molecule has 31 heavy (non-hydrogen) atoms. The van der Waals surface area contributed by atoms with E-state index >= 15 is 0 Å². The summed E-state index contributed by atoms with van der Waals surface area (Å²) in [6.07, 6.45) is 17.6. The molecule has 5 fully saturated rings. The largest absolute Gasteiger partial charge is 0.393 e. The van der Waals surface area contributed by atoms with Crippen molar-refractivity contribution in [2.75, 3.05) is 0 Å². The van der Waals surface area contributed by atoms with Gasteiger partial charge in [0.1, 0.15) is 0 Å². The molecular formula is C30H50O. The zero-order valence-electron chi connectivity index (χ0n) is 21.7. The van der Waals surface area contributed by atoms with Crippen LogP contribution in [0.5, 0.6) is 0 Å². The normalized spacial score (nSPS) is 52.9. The molecule has 5 aliphatic rings. The third kappa shape index (κ3) is 2.71. The summed E-state index contributed by atoms with van der Waals surface area (Å²) in [6, 6.07) is 0. The van der Waals surface area contributed by atoms with Crippen LogP contribution in [0.25, 0.3) is 0 Å². The van der Waals surface area contributed by atoms with E-state index in [9.17, 15) is 5.11 Å². The molecule has 1 heteroatoms. The highest BCUT2D eigenvalue weighted by atomic mass is 16.3. The highest BCUT2D eigenvalue weighted by Crippen LogP contribution is 2.89. The predicted molar refractivity (Wildman–Crippen MR) is 131 cm³/mol. The average Bonchev–Trinajstić information content (AvgIpc) is 3.27. The van der Waals surface area contributed by atoms with Gasteiger partial charge >= 0.3 is 0 Å². The lowest BCUT2D eigenvalue weighted by Crippen LogP contribution is -2.57. The van der Waals surface area contributed by atoms with Crippen LogP contribution in [-0.2, 0) is 0 Å². The SMILES string of the molecule is CC(C)=CCC[C@@H](C)[C@H]1CC[C@@]2(C)[C@@H]3CC[C@@H]4C(C)(C)[C@@H](O)CC[C@@]45C[C@@]35CC[C@]12C. The third-order valence-electron chi connectivity index (χ3n) is 13.0. The lowest BCUT2D eigenvalue weighted by molar-refractivity contribution is -0.161. The molecule has 1 N–H and O–H groups in total. The lowest BCUT2D eigenvalue weighted by Gasteiger charge is -2.63. The molecule has 0 aromatic rings. The maximum atomic E-state index is 10.8. The van der Waals surface area contributed by atoms with Crippen molar-refractivity contribution < 1.29 is 5.11 Å². The van der Waals surface area contributed by atoms with Gasteiger partial charge in [0.15, 0.2) is 0 Å². The number of aliphatic hydroxyl groups excluding tert-OH is 1. The second-order valence-corrected chi connectivity index (χ2v) is 14.4. The number of rotatable bonds is 4. The Morgan fingerprint density at radius 3 is 2.26 bits per heavy atom. The van der Waals surface area contributed by atoms with Crippen LogP contribution in [0.2, 0.25) is 0 Å². The Balaban J connectivity index is 1.41. The fourth-order valence-electron chi connectivity index (χ4n) is 11.1. The standard InChI is InChI=1S/C30H50O/c1-20(2)9-8-10-21(3)22-13-15-28(7)24-12-11-23-26(4,5)25(31)14-16-29(23)19-30(24,29)18-17-27(22,28)6/h9,21-25,31H,8,10-19H2,1-7H3/t21-,22-,23-,24+,25+,27-,28+,29-,30+/m1/s1. The minimum absolute atomic E-state index is 0.0840. The summed E-state index contributed by atoms with van der Waals surface area (Å²) in [5.41, 5.74) is 3.87. The van der Waals surface area contributed by atoms with Crippen molar-refractivity contribution >= 4 is 0 Å². The summed E-state index contributed by atoms with van der Waals surface area (Å²) in [7, 11) is 0. The maximum Gasteiger partial charge on any atom is 0.0594 e. The number of hydrogen-bond donors (Lipinski definition) is 1. The third-order valence-corrected chi connectivity index (χ3v) is 13.0. The van der Waals surface area contributed by atoms with Crippen LogP contribution in [0.3, 0.4) is 0 Å². The van der Waals surface area contributed by atoms with E-state index in [-0.39, 0.29) is 11.5 Å². The Morgan fingerprint density at radius 2 is 1.55 bits per heavy atom.